The van der Waals surface area contributed by atoms with Crippen LogP contribution in [0.15, 0.2) is 42.5 Å². The second-order valence-corrected chi connectivity index (χ2v) is 9.75. The number of benzene rings is 2. The highest BCUT2D eigenvalue weighted by Gasteiger charge is 2.19. The number of nitrogens with one attached hydrogen (secondary N) is 1. The van der Waals surface area contributed by atoms with Gasteiger partial charge in [-0.1, -0.05) is 41.4 Å². The lowest BCUT2D eigenvalue weighted by molar-refractivity contribution is 0.0957. The molecule has 0 radical (unpaired) electrons. The molecule has 0 heterocycles. The highest BCUT2D eigenvalue weighted by atomic mass is 35.5. The van der Waals surface area contributed by atoms with Crippen LogP contribution in [0.5, 0.6) is 0 Å². The van der Waals surface area contributed by atoms with Crippen LogP contribution in [0.1, 0.15) is 15.9 Å². The molecule has 0 aliphatic heterocycles. The zero-order valence-corrected chi connectivity index (χ0v) is 18.1. The van der Waals surface area contributed by atoms with Crippen LogP contribution >= 0.6 is 35.0 Å². The molecule has 0 aromatic heterocycles. The fourth-order valence-electron chi connectivity index (χ4n) is 2.27. The molecule has 0 saturated carbocycles. The van der Waals surface area contributed by atoms with E-state index in [9.17, 15) is 13.2 Å². The molecule has 2 rings (SSSR count). The second-order valence-electron chi connectivity index (χ2n) is 5.79. The SMILES string of the molecule is CN(c1ccccc1C(=O)NCCSCc1ccc(Cl)cc1Cl)S(C)(=O)=O. The van der Waals surface area contributed by atoms with Gasteiger partial charge >= 0.3 is 0 Å². The maximum Gasteiger partial charge on any atom is 0.253 e. The summed E-state index contributed by atoms with van der Waals surface area (Å²) < 4.78 is 24.6. The summed E-state index contributed by atoms with van der Waals surface area (Å²) in [6.07, 6.45) is 1.10. The van der Waals surface area contributed by atoms with E-state index < -0.39 is 10.0 Å². The van der Waals surface area contributed by atoms with Crippen molar-refractivity contribution in [1.82, 2.24) is 5.32 Å². The van der Waals surface area contributed by atoms with E-state index in [1.54, 1.807) is 48.2 Å². The molecule has 1 amide bonds. The minimum absolute atomic E-state index is 0.314. The lowest BCUT2D eigenvalue weighted by Crippen LogP contribution is -2.30. The van der Waals surface area contributed by atoms with Crippen molar-refractivity contribution in [3.05, 3.63) is 63.6 Å². The van der Waals surface area contributed by atoms with Crippen LogP contribution in [-0.4, -0.2) is 39.9 Å². The number of nitrogens with zero attached hydrogens (tertiary/aromatic N) is 1. The third kappa shape index (κ3) is 6.31. The number of para-hydroxylation sites is 1. The van der Waals surface area contributed by atoms with Gasteiger partial charge in [0, 0.05) is 35.1 Å². The van der Waals surface area contributed by atoms with Gasteiger partial charge in [-0.3, -0.25) is 9.10 Å². The molecule has 0 fully saturated rings. The first-order valence-electron chi connectivity index (χ1n) is 8.03. The Labute approximate surface area is 174 Å². The molecular formula is C18H20Cl2N2O3S2. The van der Waals surface area contributed by atoms with Crippen molar-refractivity contribution in [3.8, 4) is 0 Å². The van der Waals surface area contributed by atoms with Crippen LogP contribution in [-0.2, 0) is 15.8 Å². The third-order valence-corrected chi connectivity index (χ3v) is 6.58. The summed E-state index contributed by atoms with van der Waals surface area (Å²) in [6.45, 7) is 0.450. The zero-order valence-electron chi connectivity index (χ0n) is 14.9. The quantitative estimate of drug-likeness (QED) is 0.620. The minimum atomic E-state index is -3.45. The average molecular weight is 447 g/mol. The van der Waals surface area contributed by atoms with Gasteiger partial charge in [0.2, 0.25) is 10.0 Å². The third-order valence-electron chi connectivity index (χ3n) is 3.79. The number of carbonyl (C=O) groups excluding carboxylic acids is 1. The molecule has 0 bridgehead atoms. The maximum absolute atomic E-state index is 12.4. The molecule has 27 heavy (non-hydrogen) atoms. The van der Waals surface area contributed by atoms with E-state index in [0.717, 1.165) is 16.1 Å². The number of amides is 1. The number of carbonyl (C=O) groups is 1. The monoisotopic (exact) mass is 446 g/mol. The first-order chi connectivity index (χ1) is 12.7. The Kier molecular flexibility index (Phi) is 7.85. The van der Waals surface area contributed by atoms with Crippen LogP contribution in [0.4, 0.5) is 5.69 Å². The van der Waals surface area contributed by atoms with E-state index in [1.165, 1.54) is 7.05 Å². The topological polar surface area (TPSA) is 66.5 Å². The van der Waals surface area contributed by atoms with Crippen molar-refractivity contribution in [1.29, 1.82) is 0 Å². The van der Waals surface area contributed by atoms with Gasteiger partial charge in [0.05, 0.1) is 17.5 Å². The number of thioether (sulfide) groups is 1. The second kappa shape index (κ2) is 9.68. The molecule has 5 nitrogen and oxygen atoms in total. The van der Waals surface area contributed by atoms with Crippen LogP contribution in [0.3, 0.4) is 0 Å². The van der Waals surface area contributed by atoms with Gasteiger partial charge in [-0.05, 0) is 29.8 Å². The summed E-state index contributed by atoms with van der Waals surface area (Å²) in [5.41, 5.74) is 1.65. The van der Waals surface area contributed by atoms with Gasteiger partial charge < -0.3 is 5.32 Å². The first-order valence-corrected chi connectivity index (χ1v) is 11.8. The predicted octanol–water partition coefficient (Wildman–Crippen LogP) is 4.05. The summed E-state index contributed by atoms with van der Waals surface area (Å²) >= 11 is 13.6. The molecule has 0 aliphatic carbocycles. The smallest absolute Gasteiger partial charge is 0.253 e. The molecule has 0 spiro atoms. The Balaban J connectivity index is 1.89. The number of anilines is 1. The molecule has 1 N–H and O–H groups in total. The summed E-state index contributed by atoms with van der Waals surface area (Å²) in [5.74, 6) is 1.08. The summed E-state index contributed by atoms with van der Waals surface area (Å²) in [7, 11) is -2.03. The molecule has 146 valence electrons. The lowest BCUT2D eigenvalue weighted by atomic mass is 10.1. The van der Waals surface area contributed by atoms with Crippen LogP contribution in [0, 0.1) is 0 Å². The number of rotatable bonds is 8. The number of sulfonamides is 1. The Morgan fingerprint density at radius 3 is 2.56 bits per heavy atom. The fraction of sp³-hybridized carbons (Fsp3) is 0.278. The molecule has 2 aromatic rings. The Morgan fingerprint density at radius 2 is 1.89 bits per heavy atom. The van der Waals surface area contributed by atoms with E-state index >= 15 is 0 Å². The largest absolute Gasteiger partial charge is 0.351 e. The highest BCUT2D eigenvalue weighted by Crippen LogP contribution is 2.25. The normalized spacial score (nSPS) is 11.3. The molecule has 0 unspecified atom stereocenters. The molecule has 0 saturated heterocycles. The van der Waals surface area contributed by atoms with E-state index in [-0.39, 0.29) is 5.91 Å². The van der Waals surface area contributed by atoms with Crippen LogP contribution < -0.4 is 9.62 Å². The van der Waals surface area contributed by atoms with Crippen molar-refractivity contribution in [2.24, 2.45) is 0 Å². The number of halogens is 2. The van der Waals surface area contributed by atoms with Gasteiger partial charge in [-0.25, -0.2) is 8.42 Å². The van der Waals surface area contributed by atoms with Crippen LogP contribution in [0.25, 0.3) is 0 Å². The molecular weight excluding hydrogens is 427 g/mol. The van der Waals surface area contributed by atoms with Gasteiger partial charge in [0.1, 0.15) is 0 Å². The molecule has 2 aromatic carbocycles. The summed E-state index contributed by atoms with van der Waals surface area (Å²) in [5, 5.41) is 4.04. The van der Waals surface area contributed by atoms with Gasteiger partial charge in [0.15, 0.2) is 0 Å². The fourth-order valence-corrected chi connectivity index (χ4v) is 4.21. The van der Waals surface area contributed by atoms with E-state index in [0.29, 0.717) is 39.3 Å². The highest BCUT2D eigenvalue weighted by molar-refractivity contribution is 7.98. The Bertz CT molecular complexity index is 921. The molecule has 9 heteroatoms. The van der Waals surface area contributed by atoms with Crippen LogP contribution in [0.2, 0.25) is 10.0 Å². The maximum atomic E-state index is 12.4. The summed E-state index contributed by atoms with van der Waals surface area (Å²) in [4.78, 5) is 12.4. The van der Waals surface area contributed by atoms with E-state index in [2.05, 4.69) is 5.32 Å². The minimum Gasteiger partial charge on any atom is -0.351 e. The van der Waals surface area contributed by atoms with Crippen molar-refractivity contribution in [2.45, 2.75) is 5.75 Å². The molecule has 0 aliphatic rings. The lowest BCUT2D eigenvalue weighted by Gasteiger charge is -2.19. The number of hydrogen-bond acceptors (Lipinski definition) is 4. The van der Waals surface area contributed by atoms with Crippen molar-refractivity contribution in [2.75, 3.05) is 29.9 Å². The predicted molar refractivity (Wildman–Crippen MR) is 115 cm³/mol. The van der Waals surface area contributed by atoms with Crippen molar-refractivity contribution >= 4 is 56.6 Å². The first kappa shape index (κ1) is 21.9. The Morgan fingerprint density at radius 1 is 1.19 bits per heavy atom. The standard InChI is InChI=1S/C18H20Cl2N2O3S2/c1-22(27(2,24)25)17-6-4-3-5-15(17)18(23)21-9-10-26-12-13-7-8-14(19)11-16(13)20/h3-8,11H,9-10,12H2,1-2H3,(H,21,23). The van der Waals surface area contributed by atoms with E-state index in [4.69, 9.17) is 23.2 Å². The van der Waals surface area contributed by atoms with Crippen molar-refractivity contribution in [3.63, 3.8) is 0 Å². The number of hydrogen-bond donors (Lipinski definition) is 1. The Hall–Kier alpha value is -1.41. The average Bonchev–Trinajstić information content (AvgIpc) is 2.61. The molecule has 0 atom stereocenters. The van der Waals surface area contributed by atoms with Gasteiger partial charge in [-0.2, -0.15) is 11.8 Å². The van der Waals surface area contributed by atoms with Crippen molar-refractivity contribution < 1.29 is 13.2 Å². The van der Waals surface area contributed by atoms with E-state index in [1.807, 2.05) is 6.07 Å². The van der Waals surface area contributed by atoms with Gasteiger partial charge in [0.25, 0.3) is 5.91 Å². The van der Waals surface area contributed by atoms with Gasteiger partial charge in [-0.15, -0.1) is 0 Å². The zero-order chi connectivity index (χ0) is 20.0. The summed E-state index contributed by atoms with van der Waals surface area (Å²) in [6, 6.07) is 12.0.